The number of piperidine rings is 1. The third kappa shape index (κ3) is 4.34. The van der Waals surface area contributed by atoms with Crippen molar-refractivity contribution in [3.8, 4) is 17.2 Å². The van der Waals surface area contributed by atoms with Gasteiger partial charge in [-0.25, -0.2) is 0 Å². The van der Waals surface area contributed by atoms with Crippen molar-refractivity contribution >= 4 is 23.0 Å². The molecule has 3 rings (SSSR count). The zero-order valence-corrected chi connectivity index (χ0v) is 17.5. The fourth-order valence-corrected chi connectivity index (χ4v) is 3.77. The SMILES string of the molecule is COc1cc(C(=O)Nc2ccc(N3CCCC[C@H]3C)c(N)c2)cc(OC)c1OC. The topological polar surface area (TPSA) is 86.1 Å². The normalized spacial score (nSPS) is 16.3. The summed E-state index contributed by atoms with van der Waals surface area (Å²) in [4.78, 5) is 15.1. The van der Waals surface area contributed by atoms with E-state index in [1.807, 2.05) is 12.1 Å². The van der Waals surface area contributed by atoms with Crippen molar-refractivity contribution < 1.29 is 19.0 Å². The number of rotatable bonds is 6. The summed E-state index contributed by atoms with van der Waals surface area (Å²) in [6, 6.07) is 9.34. The van der Waals surface area contributed by atoms with Crippen LogP contribution in [-0.4, -0.2) is 39.8 Å². The highest BCUT2D eigenvalue weighted by Gasteiger charge is 2.21. The number of carbonyl (C=O) groups excluding carboxylic acids is 1. The molecule has 0 aromatic heterocycles. The molecule has 0 bridgehead atoms. The van der Waals surface area contributed by atoms with E-state index in [9.17, 15) is 4.79 Å². The monoisotopic (exact) mass is 399 g/mol. The molecule has 1 heterocycles. The largest absolute Gasteiger partial charge is 0.493 e. The standard InChI is InChI=1S/C22H29N3O4/c1-14-7-5-6-10-25(14)18-9-8-16(13-17(18)23)24-22(26)15-11-19(27-2)21(29-4)20(12-15)28-3/h8-9,11-14H,5-7,10,23H2,1-4H3,(H,24,26)/t14-/m1/s1. The summed E-state index contributed by atoms with van der Waals surface area (Å²) < 4.78 is 15.9. The van der Waals surface area contributed by atoms with Crippen LogP contribution >= 0.6 is 0 Å². The van der Waals surface area contributed by atoms with Crippen LogP contribution in [0.1, 0.15) is 36.5 Å². The number of ether oxygens (including phenoxy) is 3. The summed E-state index contributed by atoms with van der Waals surface area (Å²) in [5, 5.41) is 2.89. The Bertz CT molecular complexity index is 859. The number of anilines is 3. The van der Waals surface area contributed by atoms with Crippen LogP contribution < -0.4 is 30.2 Å². The average molecular weight is 399 g/mol. The van der Waals surface area contributed by atoms with E-state index >= 15 is 0 Å². The van der Waals surface area contributed by atoms with E-state index in [1.54, 1.807) is 18.2 Å². The molecule has 0 radical (unpaired) electrons. The first-order valence-corrected chi connectivity index (χ1v) is 9.76. The summed E-state index contributed by atoms with van der Waals surface area (Å²) in [6.45, 7) is 3.22. The van der Waals surface area contributed by atoms with Crippen molar-refractivity contribution in [1.82, 2.24) is 0 Å². The van der Waals surface area contributed by atoms with Gasteiger partial charge in [-0.1, -0.05) is 0 Å². The number of nitrogen functional groups attached to an aromatic ring is 1. The molecule has 1 aliphatic heterocycles. The van der Waals surface area contributed by atoms with E-state index in [4.69, 9.17) is 19.9 Å². The second-order valence-electron chi connectivity index (χ2n) is 7.18. The van der Waals surface area contributed by atoms with Crippen molar-refractivity contribution in [3.63, 3.8) is 0 Å². The molecule has 0 saturated carbocycles. The van der Waals surface area contributed by atoms with Crippen molar-refractivity contribution in [1.29, 1.82) is 0 Å². The second kappa shape index (κ2) is 8.94. The fraction of sp³-hybridized carbons (Fsp3) is 0.409. The minimum Gasteiger partial charge on any atom is -0.493 e. The Morgan fingerprint density at radius 1 is 1.07 bits per heavy atom. The molecule has 0 unspecified atom stereocenters. The lowest BCUT2D eigenvalue weighted by atomic mass is 10.0. The number of nitrogens with two attached hydrogens (primary N) is 1. The minimum atomic E-state index is -0.289. The first-order valence-electron chi connectivity index (χ1n) is 9.76. The van der Waals surface area contributed by atoms with Gasteiger partial charge in [-0.3, -0.25) is 4.79 Å². The number of nitrogens with zero attached hydrogens (tertiary/aromatic N) is 1. The zero-order valence-electron chi connectivity index (χ0n) is 17.5. The molecule has 7 nitrogen and oxygen atoms in total. The van der Waals surface area contributed by atoms with Crippen molar-refractivity contribution in [3.05, 3.63) is 35.9 Å². The molecule has 1 amide bonds. The molecule has 1 atom stereocenters. The Balaban J connectivity index is 1.81. The molecule has 2 aromatic rings. The van der Waals surface area contributed by atoms with Gasteiger partial charge in [0.2, 0.25) is 5.75 Å². The second-order valence-corrected chi connectivity index (χ2v) is 7.18. The van der Waals surface area contributed by atoms with Crippen molar-refractivity contribution in [2.24, 2.45) is 0 Å². The molecule has 3 N–H and O–H groups in total. The molecule has 1 fully saturated rings. The fourth-order valence-electron chi connectivity index (χ4n) is 3.77. The summed E-state index contributed by atoms with van der Waals surface area (Å²) in [5.41, 5.74) is 9.01. The van der Waals surface area contributed by atoms with E-state index in [1.165, 1.54) is 40.6 Å². The number of benzene rings is 2. The van der Waals surface area contributed by atoms with Crippen LogP contribution in [0.15, 0.2) is 30.3 Å². The Morgan fingerprint density at radius 2 is 1.76 bits per heavy atom. The lowest BCUT2D eigenvalue weighted by molar-refractivity contribution is 0.102. The van der Waals surface area contributed by atoms with Gasteiger partial charge >= 0.3 is 0 Å². The highest BCUT2D eigenvalue weighted by Crippen LogP contribution is 2.38. The highest BCUT2D eigenvalue weighted by atomic mass is 16.5. The van der Waals surface area contributed by atoms with E-state index in [0.29, 0.717) is 40.2 Å². The maximum Gasteiger partial charge on any atom is 0.255 e. The molecule has 0 spiro atoms. The molecular formula is C22H29N3O4. The van der Waals surface area contributed by atoms with E-state index in [2.05, 4.69) is 17.1 Å². The van der Waals surface area contributed by atoms with Crippen molar-refractivity contribution in [2.45, 2.75) is 32.2 Å². The van der Waals surface area contributed by atoms with E-state index in [0.717, 1.165) is 12.2 Å². The molecule has 2 aromatic carbocycles. The third-order valence-corrected chi connectivity index (χ3v) is 5.32. The van der Waals surface area contributed by atoms with Gasteiger partial charge < -0.3 is 30.2 Å². The Morgan fingerprint density at radius 3 is 2.31 bits per heavy atom. The molecule has 1 aliphatic rings. The van der Waals surface area contributed by atoms with Crippen LogP contribution in [0.2, 0.25) is 0 Å². The van der Waals surface area contributed by atoms with Crippen molar-refractivity contribution in [2.75, 3.05) is 43.8 Å². The van der Waals surface area contributed by atoms with E-state index in [-0.39, 0.29) is 5.91 Å². The number of hydrogen-bond acceptors (Lipinski definition) is 6. The summed E-state index contributed by atoms with van der Waals surface area (Å²) in [6.07, 6.45) is 3.59. The summed E-state index contributed by atoms with van der Waals surface area (Å²) in [5.74, 6) is 0.996. The number of carbonyl (C=O) groups is 1. The number of amides is 1. The van der Waals surface area contributed by atoms with Gasteiger partial charge in [0.25, 0.3) is 5.91 Å². The molecule has 156 valence electrons. The Kier molecular flexibility index (Phi) is 6.36. The Labute approximate surface area is 171 Å². The van der Waals surface area contributed by atoms with Gasteiger partial charge in [0.05, 0.1) is 32.7 Å². The van der Waals surface area contributed by atoms with Crippen LogP contribution in [0.3, 0.4) is 0 Å². The molecule has 1 saturated heterocycles. The predicted octanol–water partition coefficient (Wildman–Crippen LogP) is 3.93. The summed E-state index contributed by atoms with van der Waals surface area (Å²) >= 11 is 0. The van der Waals surface area contributed by atoms with Gasteiger partial charge in [-0.2, -0.15) is 0 Å². The van der Waals surface area contributed by atoms with Crippen LogP contribution in [0.25, 0.3) is 0 Å². The zero-order chi connectivity index (χ0) is 21.0. The highest BCUT2D eigenvalue weighted by molar-refractivity contribution is 6.05. The predicted molar refractivity (Wildman–Crippen MR) is 116 cm³/mol. The quantitative estimate of drug-likeness (QED) is 0.716. The van der Waals surface area contributed by atoms with Crippen LogP contribution in [0, 0.1) is 0 Å². The maximum atomic E-state index is 12.8. The molecule has 7 heteroatoms. The number of hydrogen-bond donors (Lipinski definition) is 2. The van der Waals surface area contributed by atoms with Gasteiger partial charge in [0, 0.05) is 23.8 Å². The Hall–Kier alpha value is -3.09. The molecular weight excluding hydrogens is 370 g/mol. The lowest BCUT2D eigenvalue weighted by Crippen LogP contribution is -2.37. The van der Waals surface area contributed by atoms with Crippen LogP contribution in [0.4, 0.5) is 17.1 Å². The van der Waals surface area contributed by atoms with Crippen LogP contribution in [-0.2, 0) is 0 Å². The molecule has 29 heavy (non-hydrogen) atoms. The first-order chi connectivity index (χ1) is 14.0. The summed E-state index contributed by atoms with van der Waals surface area (Å²) in [7, 11) is 4.55. The van der Waals surface area contributed by atoms with Gasteiger partial charge in [0.1, 0.15) is 0 Å². The number of methoxy groups -OCH3 is 3. The minimum absolute atomic E-state index is 0.289. The first kappa shape index (κ1) is 20.6. The maximum absolute atomic E-state index is 12.8. The van der Waals surface area contributed by atoms with Gasteiger partial charge in [0.15, 0.2) is 11.5 Å². The van der Waals surface area contributed by atoms with Gasteiger partial charge in [-0.05, 0) is 56.5 Å². The molecule has 0 aliphatic carbocycles. The lowest BCUT2D eigenvalue weighted by Gasteiger charge is -2.36. The average Bonchev–Trinajstić information content (AvgIpc) is 2.73. The number of nitrogens with one attached hydrogen (secondary N) is 1. The third-order valence-electron chi connectivity index (χ3n) is 5.32. The smallest absolute Gasteiger partial charge is 0.255 e. The van der Waals surface area contributed by atoms with Crippen LogP contribution in [0.5, 0.6) is 17.2 Å². The van der Waals surface area contributed by atoms with Gasteiger partial charge in [-0.15, -0.1) is 0 Å². The van der Waals surface area contributed by atoms with E-state index < -0.39 is 0 Å².